The Morgan fingerprint density at radius 2 is 1.70 bits per heavy atom. The van der Waals surface area contributed by atoms with Crippen molar-refractivity contribution in [3.8, 4) is 0 Å². The van der Waals surface area contributed by atoms with E-state index in [0.717, 1.165) is 12.8 Å². The van der Waals surface area contributed by atoms with Crippen molar-refractivity contribution in [3.63, 3.8) is 0 Å². The molecule has 1 aliphatic rings. The van der Waals surface area contributed by atoms with Gasteiger partial charge < -0.3 is 10.5 Å². The van der Waals surface area contributed by atoms with E-state index in [0.29, 0.717) is 5.92 Å². The van der Waals surface area contributed by atoms with E-state index in [-0.39, 0.29) is 17.2 Å². The van der Waals surface area contributed by atoms with Gasteiger partial charge in [0, 0.05) is 12.0 Å². The van der Waals surface area contributed by atoms with Crippen LogP contribution in [-0.2, 0) is 11.2 Å². The van der Waals surface area contributed by atoms with E-state index in [1.165, 1.54) is 16.7 Å². The minimum atomic E-state index is -0.137. The summed E-state index contributed by atoms with van der Waals surface area (Å²) in [7, 11) is 0. The fraction of sp³-hybridized carbons (Fsp3) is 0.667. The Balaban J connectivity index is 2.14. The van der Waals surface area contributed by atoms with Crippen molar-refractivity contribution in [2.24, 2.45) is 11.7 Å². The second-order valence-electron chi connectivity index (χ2n) is 7.64. The van der Waals surface area contributed by atoms with Crippen LogP contribution in [0.3, 0.4) is 0 Å². The SMILES string of the molecule is Cc1cc(C)cc(CC(N)C2CC(C)(C)OC2(C)C)c1. The maximum Gasteiger partial charge on any atom is 0.0677 e. The highest BCUT2D eigenvalue weighted by Crippen LogP contribution is 2.43. The topological polar surface area (TPSA) is 35.2 Å². The molecule has 0 bridgehead atoms. The molecule has 1 saturated heterocycles. The van der Waals surface area contributed by atoms with Crippen molar-refractivity contribution in [2.45, 2.75) is 71.6 Å². The van der Waals surface area contributed by atoms with Crippen molar-refractivity contribution < 1.29 is 4.74 Å². The van der Waals surface area contributed by atoms with E-state index in [2.05, 4.69) is 59.7 Å². The predicted octanol–water partition coefficient (Wildman–Crippen LogP) is 3.77. The quantitative estimate of drug-likeness (QED) is 0.911. The van der Waals surface area contributed by atoms with Crippen LogP contribution in [0, 0.1) is 19.8 Å². The van der Waals surface area contributed by atoms with Gasteiger partial charge in [0.25, 0.3) is 0 Å². The van der Waals surface area contributed by atoms with Gasteiger partial charge in [0.05, 0.1) is 11.2 Å². The molecule has 20 heavy (non-hydrogen) atoms. The van der Waals surface area contributed by atoms with E-state index in [1.54, 1.807) is 0 Å². The van der Waals surface area contributed by atoms with Gasteiger partial charge in [-0.25, -0.2) is 0 Å². The highest BCUT2D eigenvalue weighted by molar-refractivity contribution is 5.29. The van der Waals surface area contributed by atoms with Crippen LogP contribution in [0.15, 0.2) is 18.2 Å². The summed E-state index contributed by atoms with van der Waals surface area (Å²) in [5, 5.41) is 0. The first-order chi connectivity index (χ1) is 9.09. The van der Waals surface area contributed by atoms with Gasteiger partial charge >= 0.3 is 0 Å². The van der Waals surface area contributed by atoms with Crippen LogP contribution < -0.4 is 5.73 Å². The molecule has 0 spiro atoms. The zero-order chi connectivity index (χ0) is 15.1. The van der Waals surface area contributed by atoms with Crippen molar-refractivity contribution in [1.29, 1.82) is 0 Å². The van der Waals surface area contributed by atoms with E-state index in [9.17, 15) is 0 Å². The number of hydrogen-bond donors (Lipinski definition) is 1. The van der Waals surface area contributed by atoms with Crippen molar-refractivity contribution in [2.75, 3.05) is 0 Å². The molecule has 0 radical (unpaired) electrons. The standard InChI is InChI=1S/C18H29NO/c1-12-7-13(2)9-14(8-12)10-16(19)15-11-17(3,4)20-18(15,5)6/h7-9,15-16H,10-11,19H2,1-6H3. The molecule has 1 heterocycles. The number of benzene rings is 1. The molecular weight excluding hydrogens is 246 g/mol. The number of hydrogen-bond acceptors (Lipinski definition) is 2. The Morgan fingerprint density at radius 1 is 1.15 bits per heavy atom. The Morgan fingerprint density at radius 3 is 2.15 bits per heavy atom. The first-order valence-corrected chi connectivity index (χ1v) is 7.62. The van der Waals surface area contributed by atoms with Gasteiger partial charge in [-0.1, -0.05) is 29.3 Å². The molecule has 2 atom stereocenters. The highest BCUT2D eigenvalue weighted by Gasteiger charge is 2.47. The third-order valence-corrected chi connectivity index (χ3v) is 4.41. The molecule has 0 aromatic heterocycles. The fourth-order valence-corrected chi connectivity index (χ4v) is 3.87. The monoisotopic (exact) mass is 275 g/mol. The van der Waals surface area contributed by atoms with Crippen molar-refractivity contribution in [3.05, 3.63) is 34.9 Å². The van der Waals surface area contributed by atoms with Gasteiger partial charge in [-0.05, 0) is 59.9 Å². The summed E-state index contributed by atoms with van der Waals surface area (Å²) in [4.78, 5) is 0. The van der Waals surface area contributed by atoms with Crippen LogP contribution >= 0.6 is 0 Å². The summed E-state index contributed by atoms with van der Waals surface area (Å²) in [6.45, 7) is 13.0. The molecular formula is C18H29NO. The normalized spacial score (nSPS) is 25.6. The second-order valence-corrected chi connectivity index (χ2v) is 7.64. The minimum absolute atomic E-state index is 0.0612. The Labute approximate surface area is 123 Å². The molecule has 1 fully saturated rings. The molecule has 1 aromatic rings. The summed E-state index contributed by atoms with van der Waals surface area (Å²) in [6.07, 6.45) is 1.96. The lowest BCUT2D eigenvalue weighted by atomic mass is 9.79. The average Bonchev–Trinajstić information content (AvgIpc) is 2.44. The van der Waals surface area contributed by atoms with Crippen LogP contribution in [-0.4, -0.2) is 17.2 Å². The maximum atomic E-state index is 6.53. The molecule has 0 amide bonds. The number of nitrogens with two attached hydrogens (primary N) is 1. The summed E-state index contributed by atoms with van der Waals surface area (Å²) >= 11 is 0. The maximum absolute atomic E-state index is 6.53. The van der Waals surface area contributed by atoms with Crippen LogP contribution in [0.2, 0.25) is 0 Å². The Hall–Kier alpha value is -0.860. The first-order valence-electron chi connectivity index (χ1n) is 7.62. The molecule has 2 nitrogen and oxygen atoms in total. The number of aryl methyl sites for hydroxylation is 2. The van der Waals surface area contributed by atoms with Gasteiger partial charge in [0.1, 0.15) is 0 Å². The molecule has 2 N–H and O–H groups in total. The van der Waals surface area contributed by atoms with E-state index < -0.39 is 0 Å². The molecule has 2 rings (SSSR count). The van der Waals surface area contributed by atoms with Crippen LogP contribution in [0.5, 0.6) is 0 Å². The molecule has 2 unspecified atom stereocenters. The Bertz CT molecular complexity index is 470. The van der Waals surface area contributed by atoms with Gasteiger partial charge in [-0.3, -0.25) is 0 Å². The van der Waals surface area contributed by atoms with Gasteiger partial charge in [0.2, 0.25) is 0 Å². The third kappa shape index (κ3) is 3.42. The van der Waals surface area contributed by atoms with Crippen molar-refractivity contribution >= 4 is 0 Å². The lowest BCUT2D eigenvalue weighted by Crippen LogP contribution is -2.42. The fourth-order valence-electron chi connectivity index (χ4n) is 3.87. The number of rotatable bonds is 3. The lowest BCUT2D eigenvalue weighted by Gasteiger charge is -2.31. The summed E-state index contributed by atoms with van der Waals surface area (Å²) in [6, 6.07) is 6.86. The van der Waals surface area contributed by atoms with Gasteiger partial charge in [-0.15, -0.1) is 0 Å². The summed E-state index contributed by atoms with van der Waals surface area (Å²) in [5.41, 5.74) is 10.3. The third-order valence-electron chi connectivity index (χ3n) is 4.41. The molecule has 1 aromatic carbocycles. The van der Waals surface area contributed by atoms with E-state index in [1.807, 2.05) is 0 Å². The largest absolute Gasteiger partial charge is 0.369 e. The van der Waals surface area contributed by atoms with Gasteiger partial charge in [0.15, 0.2) is 0 Å². The summed E-state index contributed by atoms with van der Waals surface area (Å²) in [5.74, 6) is 0.401. The van der Waals surface area contributed by atoms with E-state index in [4.69, 9.17) is 10.5 Å². The van der Waals surface area contributed by atoms with Crippen molar-refractivity contribution in [1.82, 2.24) is 0 Å². The highest BCUT2D eigenvalue weighted by atomic mass is 16.5. The molecule has 2 heteroatoms. The first kappa shape index (κ1) is 15.5. The van der Waals surface area contributed by atoms with Crippen LogP contribution in [0.25, 0.3) is 0 Å². The zero-order valence-corrected chi connectivity index (χ0v) is 13.8. The summed E-state index contributed by atoms with van der Waals surface area (Å²) < 4.78 is 6.18. The smallest absolute Gasteiger partial charge is 0.0677 e. The average molecular weight is 275 g/mol. The molecule has 112 valence electrons. The van der Waals surface area contributed by atoms with Crippen LogP contribution in [0.4, 0.5) is 0 Å². The Kier molecular flexibility index (Phi) is 4.01. The number of ether oxygens (including phenoxy) is 1. The predicted molar refractivity (Wildman–Crippen MR) is 84.9 cm³/mol. The second kappa shape index (κ2) is 5.16. The zero-order valence-electron chi connectivity index (χ0n) is 13.8. The minimum Gasteiger partial charge on any atom is -0.369 e. The van der Waals surface area contributed by atoms with Gasteiger partial charge in [-0.2, -0.15) is 0 Å². The molecule has 1 aliphatic heterocycles. The lowest BCUT2D eigenvalue weighted by molar-refractivity contribution is -0.0765. The van der Waals surface area contributed by atoms with Crippen LogP contribution in [0.1, 0.15) is 50.8 Å². The molecule has 0 aliphatic carbocycles. The molecule has 0 saturated carbocycles. The van der Waals surface area contributed by atoms with E-state index >= 15 is 0 Å².